The summed E-state index contributed by atoms with van der Waals surface area (Å²) in [6, 6.07) is 0. The summed E-state index contributed by atoms with van der Waals surface area (Å²) in [5.41, 5.74) is 0. The molecule has 0 saturated heterocycles. The first-order valence-electron chi connectivity index (χ1n) is 5.09. The molecule has 0 aliphatic heterocycles. The number of carbonyl (C=O) groups is 2. The van der Waals surface area contributed by atoms with E-state index in [-0.39, 0.29) is 23.9 Å². The lowest BCUT2D eigenvalue weighted by Crippen LogP contribution is -2.17. The van der Waals surface area contributed by atoms with E-state index in [2.05, 4.69) is 4.98 Å². The Labute approximate surface area is 89.3 Å². The van der Waals surface area contributed by atoms with Crippen molar-refractivity contribution in [2.75, 3.05) is 0 Å². The summed E-state index contributed by atoms with van der Waals surface area (Å²) in [5, 5.41) is 0. The monoisotopic (exact) mass is 208 g/mol. The smallest absolute Gasteiger partial charge is 0.205 e. The van der Waals surface area contributed by atoms with E-state index in [0.29, 0.717) is 5.82 Å². The third-order valence-corrected chi connectivity index (χ3v) is 2.57. The largest absolute Gasteiger partial charge is 0.332 e. The van der Waals surface area contributed by atoms with Crippen LogP contribution in [0.5, 0.6) is 0 Å². The number of Topliss-reactive ketones (excluding diaryl/α,β-unsaturated/α-hetero) is 2. The van der Waals surface area contributed by atoms with Gasteiger partial charge in [0.05, 0.1) is 6.42 Å². The maximum Gasteiger partial charge on any atom is 0.205 e. The van der Waals surface area contributed by atoms with Crippen molar-refractivity contribution in [3.8, 4) is 0 Å². The molecule has 0 bridgehead atoms. The van der Waals surface area contributed by atoms with Crippen molar-refractivity contribution >= 4 is 11.6 Å². The van der Waals surface area contributed by atoms with E-state index in [4.69, 9.17) is 0 Å². The average Bonchev–Trinajstić information content (AvgIpc) is 2.63. The molecule has 0 aromatic carbocycles. The maximum atomic E-state index is 11.7. The van der Waals surface area contributed by atoms with E-state index in [0.717, 1.165) is 6.42 Å². The second-order valence-corrected chi connectivity index (χ2v) is 3.74. The molecule has 0 amide bonds. The van der Waals surface area contributed by atoms with Gasteiger partial charge < -0.3 is 4.57 Å². The zero-order valence-corrected chi connectivity index (χ0v) is 9.36. The van der Waals surface area contributed by atoms with Gasteiger partial charge in [-0.2, -0.15) is 0 Å². The van der Waals surface area contributed by atoms with E-state index < -0.39 is 0 Å². The molecule has 0 spiro atoms. The maximum absolute atomic E-state index is 11.7. The van der Waals surface area contributed by atoms with Gasteiger partial charge in [0.25, 0.3) is 0 Å². The number of hydrogen-bond acceptors (Lipinski definition) is 3. The van der Waals surface area contributed by atoms with Crippen LogP contribution in [-0.2, 0) is 11.8 Å². The third kappa shape index (κ3) is 2.75. The Morgan fingerprint density at radius 1 is 1.53 bits per heavy atom. The SMILES string of the molecule is CCC(C)C(=O)CC(=O)c1nccn1C. The topological polar surface area (TPSA) is 52.0 Å². The van der Waals surface area contributed by atoms with Gasteiger partial charge in [-0.1, -0.05) is 13.8 Å². The summed E-state index contributed by atoms with van der Waals surface area (Å²) >= 11 is 0. The highest BCUT2D eigenvalue weighted by Crippen LogP contribution is 2.08. The van der Waals surface area contributed by atoms with Crippen LogP contribution >= 0.6 is 0 Å². The molecule has 1 aromatic rings. The normalized spacial score (nSPS) is 12.5. The molecule has 0 fully saturated rings. The summed E-state index contributed by atoms with van der Waals surface area (Å²) in [7, 11) is 1.74. The van der Waals surface area contributed by atoms with Gasteiger partial charge in [-0.25, -0.2) is 4.98 Å². The van der Waals surface area contributed by atoms with Gasteiger partial charge in [0, 0.05) is 25.4 Å². The molecule has 1 unspecified atom stereocenters. The Balaban J connectivity index is 2.65. The number of imidazole rings is 1. The Bertz CT molecular complexity index is 368. The van der Waals surface area contributed by atoms with Crippen LogP contribution in [0.3, 0.4) is 0 Å². The molecule has 1 aromatic heterocycles. The minimum atomic E-state index is -0.201. The van der Waals surface area contributed by atoms with Gasteiger partial charge in [0.1, 0.15) is 5.78 Å². The zero-order valence-electron chi connectivity index (χ0n) is 9.36. The zero-order chi connectivity index (χ0) is 11.4. The molecule has 0 aliphatic carbocycles. The van der Waals surface area contributed by atoms with Gasteiger partial charge in [0.15, 0.2) is 5.82 Å². The van der Waals surface area contributed by atoms with Crippen molar-refractivity contribution in [2.45, 2.75) is 26.7 Å². The molecule has 4 heteroatoms. The molecule has 0 N–H and O–H groups in total. The number of aromatic nitrogens is 2. The number of aryl methyl sites for hydroxylation is 1. The van der Waals surface area contributed by atoms with Crippen LogP contribution in [0.15, 0.2) is 12.4 Å². The summed E-state index contributed by atoms with van der Waals surface area (Å²) in [6.45, 7) is 3.78. The number of carbonyl (C=O) groups excluding carboxylic acids is 2. The lowest BCUT2D eigenvalue weighted by molar-refractivity contribution is -0.121. The van der Waals surface area contributed by atoms with Gasteiger partial charge in [-0.05, 0) is 6.42 Å². The van der Waals surface area contributed by atoms with E-state index >= 15 is 0 Å². The van der Waals surface area contributed by atoms with Crippen LogP contribution in [0.1, 0.15) is 37.3 Å². The molecular formula is C11H16N2O2. The predicted octanol–water partition coefficient (Wildman–Crippen LogP) is 1.61. The number of nitrogens with zero attached hydrogens (tertiary/aromatic N) is 2. The molecule has 1 atom stereocenters. The summed E-state index contributed by atoms with van der Waals surface area (Å²) in [6.07, 6.45) is 3.98. The predicted molar refractivity (Wildman–Crippen MR) is 56.6 cm³/mol. The first kappa shape index (κ1) is 11.6. The summed E-state index contributed by atoms with van der Waals surface area (Å²) in [5.74, 6) is 0.0965. The van der Waals surface area contributed by atoms with Crippen LogP contribution in [0.2, 0.25) is 0 Å². The first-order valence-corrected chi connectivity index (χ1v) is 5.09. The minimum absolute atomic E-state index is 0.00880. The highest BCUT2D eigenvalue weighted by atomic mass is 16.1. The second kappa shape index (κ2) is 4.87. The Morgan fingerprint density at radius 2 is 2.20 bits per heavy atom. The fraction of sp³-hybridized carbons (Fsp3) is 0.545. The van der Waals surface area contributed by atoms with Crippen LogP contribution in [-0.4, -0.2) is 21.1 Å². The molecule has 4 nitrogen and oxygen atoms in total. The molecule has 82 valence electrons. The molecule has 1 heterocycles. The average molecular weight is 208 g/mol. The van der Waals surface area contributed by atoms with Gasteiger partial charge in [-0.3, -0.25) is 9.59 Å². The van der Waals surface area contributed by atoms with Crippen molar-refractivity contribution < 1.29 is 9.59 Å². The lowest BCUT2D eigenvalue weighted by atomic mass is 9.99. The highest BCUT2D eigenvalue weighted by Gasteiger charge is 2.18. The molecule has 1 rings (SSSR count). The molecule has 0 aliphatic rings. The fourth-order valence-electron chi connectivity index (χ4n) is 1.27. The van der Waals surface area contributed by atoms with Crippen molar-refractivity contribution in [2.24, 2.45) is 13.0 Å². The van der Waals surface area contributed by atoms with Gasteiger partial charge >= 0.3 is 0 Å². The van der Waals surface area contributed by atoms with Crippen LogP contribution in [0, 0.1) is 5.92 Å². The molecular weight excluding hydrogens is 192 g/mol. The summed E-state index contributed by atoms with van der Waals surface area (Å²) in [4.78, 5) is 27.1. The van der Waals surface area contributed by atoms with E-state index in [1.54, 1.807) is 24.0 Å². The molecule has 0 saturated carbocycles. The molecule has 0 radical (unpaired) electrons. The van der Waals surface area contributed by atoms with Crippen molar-refractivity contribution in [1.82, 2.24) is 9.55 Å². The lowest BCUT2D eigenvalue weighted by Gasteiger charge is -2.06. The quantitative estimate of drug-likeness (QED) is 0.545. The third-order valence-electron chi connectivity index (χ3n) is 2.57. The Morgan fingerprint density at radius 3 is 2.67 bits per heavy atom. The van der Waals surface area contributed by atoms with Gasteiger partial charge in [0.2, 0.25) is 5.78 Å². The highest BCUT2D eigenvalue weighted by molar-refractivity contribution is 6.06. The van der Waals surface area contributed by atoms with Gasteiger partial charge in [-0.15, -0.1) is 0 Å². The fourth-order valence-corrected chi connectivity index (χ4v) is 1.27. The minimum Gasteiger partial charge on any atom is -0.332 e. The first-order chi connectivity index (χ1) is 7.06. The Hall–Kier alpha value is -1.45. The van der Waals surface area contributed by atoms with Crippen molar-refractivity contribution in [3.63, 3.8) is 0 Å². The standard InChI is InChI=1S/C11H16N2O2/c1-4-8(2)9(14)7-10(15)11-12-5-6-13(11)3/h5-6,8H,4,7H2,1-3H3. The van der Waals surface area contributed by atoms with Crippen LogP contribution in [0.4, 0.5) is 0 Å². The Kier molecular flexibility index (Phi) is 3.77. The molecule has 15 heavy (non-hydrogen) atoms. The summed E-state index contributed by atoms with van der Waals surface area (Å²) < 4.78 is 1.63. The van der Waals surface area contributed by atoms with Crippen LogP contribution in [0.25, 0.3) is 0 Å². The number of rotatable bonds is 5. The van der Waals surface area contributed by atoms with Crippen molar-refractivity contribution in [1.29, 1.82) is 0 Å². The number of hydrogen-bond donors (Lipinski definition) is 0. The van der Waals surface area contributed by atoms with E-state index in [9.17, 15) is 9.59 Å². The second-order valence-electron chi connectivity index (χ2n) is 3.74. The van der Waals surface area contributed by atoms with Crippen LogP contribution < -0.4 is 0 Å². The van der Waals surface area contributed by atoms with E-state index in [1.807, 2.05) is 13.8 Å². The van der Waals surface area contributed by atoms with E-state index in [1.165, 1.54) is 0 Å². The number of ketones is 2. The van der Waals surface area contributed by atoms with Crippen molar-refractivity contribution in [3.05, 3.63) is 18.2 Å².